The summed E-state index contributed by atoms with van der Waals surface area (Å²) in [5.74, 6) is -2.63. The molecule has 0 saturated carbocycles. The topological polar surface area (TPSA) is 224 Å². The van der Waals surface area contributed by atoms with E-state index in [9.17, 15) is 40.8 Å². The van der Waals surface area contributed by atoms with E-state index in [2.05, 4.69) is 0 Å². The number of carbonyl (C=O) groups excluding carboxylic acids is 4. The highest BCUT2D eigenvalue weighted by Crippen LogP contribution is 2.22. The van der Waals surface area contributed by atoms with Gasteiger partial charge in [-0.1, -0.05) is 42.5 Å². The number of hydrogen-bond donors (Lipinski definition) is 4. The van der Waals surface area contributed by atoms with Crippen LogP contribution in [0.1, 0.15) is 41.4 Å². The number of hydrogen-bond acceptors (Lipinski definition) is 10. The van der Waals surface area contributed by atoms with Crippen LogP contribution >= 0.6 is 0 Å². The first kappa shape index (κ1) is 33.7. The summed E-state index contributed by atoms with van der Waals surface area (Å²) >= 11 is 0. The van der Waals surface area contributed by atoms with Crippen molar-refractivity contribution in [2.45, 2.75) is 10.4 Å². The van der Waals surface area contributed by atoms with Crippen molar-refractivity contribution in [3.05, 3.63) is 101 Å². The molecule has 0 unspecified atom stereocenters. The lowest BCUT2D eigenvalue weighted by Crippen LogP contribution is -2.25. The minimum absolute atomic E-state index is 0.0741. The van der Waals surface area contributed by atoms with Gasteiger partial charge in [0.15, 0.2) is 0 Å². The van der Waals surface area contributed by atoms with E-state index in [1.807, 2.05) is 0 Å². The first-order valence-corrected chi connectivity index (χ1v) is 13.6. The first-order chi connectivity index (χ1) is 19.3. The number of benzene rings is 3. The highest BCUT2D eigenvalue weighted by atomic mass is 32.2. The molecule has 3 aromatic carbocycles. The number of amides is 4. The average Bonchev–Trinajstić information content (AvgIpc) is 3.29. The van der Waals surface area contributed by atoms with E-state index >= 15 is 0 Å². The molecule has 2 aliphatic heterocycles. The van der Waals surface area contributed by atoms with Crippen LogP contribution in [0.5, 0.6) is 0 Å². The highest BCUT2D eigenvalue weighted by Gasteiger charge is 2.44. The van der Waals surface area contributed by atoms with Crippen LogP contribution in [-0.4, -0.2) is 75.6 Å². The zero-order valence-corrected chi connectivity index (χ0v) is 22.0. The van der Waals surface area contributed by atoms with E-state index in [0.717, 1.165) is 0 Å². The molecule has 0 radical (unpaired) electrons. The molecule has 3 aromatic rings. The van der Waals surface area contributed by atoms with Crippen molar-refractivity contribution in [3.63, 3.8) is 0 Å². The maximum absolute atomic E-state index is 11.1. The predicted octanol–water partition coefficient (Wildman–Crippen LogP) is 2.67. The molecule has 0 saturated heterocycles. The Labute approximate surface area is 234 Å². The van der Waals surface area contributed by atoms with Gasteiger partial charge in [-0.15, -0.1) is 10.1 Å². The maximum atomic E-state index is 11.1. The van der Waals surface area contributed by atoms with Gasteiger partial charge in [-0.25, -0.2) is 0 Å². The Balaban J connectivity index is 0.000000199. The normalized spacial score (nSPS) is 14.1. The molecule has 0 spiro atoms. The van der Waals surface area contributed by atoms with Crippen LogP contribution in [0.4, 0.5) is 13.2 Å². The van der Waals surface area contributed by atoms with Gasteiger partial charge in [0, 0.05) is 0 Å². The molecule has 4 amide bonds. The Kier molecular flexibility index (Phi) is 10.4. The summed E-state index contributed by atoms with van der Waals surface area (Å²) in [5.41, 5.74) is -4.52. The van der Waals surface area contributed by atoms with Crippen LogP contribution in [0.25, 0.3) is 0 Å². The second kappa shape index (κ2) is 13.0. The maximum Gasteiger partial charge on any atom is 0.522 e. The van der Waals surface area contributed by atoms with Crippen LogP contribution in [0.15, 0.2) is 83.8 Å². The van der Waals surface area contributed by atoms with Gasteiger partial charge < -0.3 is 0 Å². The van der Waals surface area contributed by atoms with Gasteiger partial charge in [-0.3, -0.25) is 38.7 Å². The smallest absolute Gasteiger partial charge is 0.282 e. The summed E-state index contributed by atoms with van der Waals surface area (Å²) in [7, 11) is -9.84. The average molecular weight is 635 g/mol. The van der Waals surface area contributed by atoms with Crippen molar-refractivity contribution in [1.82, 2.24) is 10.1 Å². The molecule has 0 aliphatic carbocycles. The Morgan fingerprint density at radius 1 is 0.524 bits per heavy atom. The van der Waals surface area contributed by atoms with Gasteiger partial charge in [0.1, 0.15) is 0 Å². The van der Waals surface area contributed by atoms with E-state index in [1.165, 1.54) is 36.4 Å². The van der Waals surface area contributed by atoms with Crippen molar-refractivity contribution in [3.8, 4) is 0 Å². The van der Waals surface area contributed by atoms with Gasteiger partial charge in [-0.2, -0.15) is 30.0 Å². The summed E-state index contributed by atoms with van der Waals surface area (Å²) in [5, 5.41) is 18.1. The second-order valence-electron chi connectivity index (χ2n) is 7.64. The molecular formula is C23H17F3N2O12S2. The Morgan fingerprint density at radius 3 is 0.952 bits per heavy atom. The Hall–Kier alpha value is -4.53. The molecule has 42 heavy (non-hydrogen) atoms. The summed E-state index contributed by atoms with van der Waals surface area (Å²) in [6.45, 7) is 0. The highest BCUT2D eigenvalue weighted by molar-refractivity contribution is 7.86. The molecule has 19 heteroatoms. The van der Waals surface area contributed by atoms with Crippen molar-refractivity contribution >= 4 is 43.9 Å². The minimum atomic E-state index is -5.84. The number of alkyl halides is 3. The molecule has 2 aliphatic rings. The summed E-state index contributed by atoms with van der Waals surface area (Å²) in [4.78, 5) is 44.2. The van der Waals surface area contributed by atoms with E-state index in [0.29, 0.717) is 0 Å². The molecule has 224 valence electrons. The third kappa shape index (κ3) is 8.02. The third-order valence-electron chi connectivity index (χ3n) is 4.88. The lowest BCUT2D eigenvalue weighted by molar-refractivity contribution is -0.0510. The molecule has 5 rings (SSSR count). The van der Waals surface area contributed by atoms with Crippen LogP contribution in [0.2, 0.25) is 0 Å². The standard InChI is InChI=1S/2C8H5NO3.C6H6O3S.CHF3O3S/c2*10-7-5-3-1-2-4-6(5)8(11)9(7)12;7-10(8,9)6-4-2-1-3-5-6;2-1(3,4)8(5,6)7/h2*1-4,12H;1-5H,(H,7,8,9);(H,5,6,7). The number of hydroxylamine groups is 4. The van der Waals surface area contributed by atoms with Crippen LogP contribution in [0.3, 0.4) is 0 Å². The van der Waals surface area contributed by atoms with Crippen LogP contribution in [0, 0.1) is 0 Å². The molecular weight excluding hydrogens is 617 g/mol. The molecule has 0 atom stereocenters. The van der Waals surface area contributed by atoms with Crippen molar-refractivity contribution in [1.29, 1.82) is 0 Å². The van der Waals surface area contributed by atoms with Crippen molar-refractivity contribution < 1.29 is 68.7 Å². The number of carbonyl (C=O) groups is 4. The Bertz CT molecular complexity index is 1590. The molecule has 4 N–H and O–H groups in total. The lowest BCUT2D eigenvalue weighted by Gasteiger charge is -1.99. The molecule has 0 bridgehead atoms. The fourth-order valence-corrected chi connectivity index (χ4v) is 3.45. The third-order valence-corrected chi connectivity index (χ3v) is 6.33. The number of nitrogens with zero attached hydrogens (tertiary/aromatic N) is 2. The minimum Gasteiger partial charge on any atom is -0.282 e. The molecule has 0 fully saturated rings. The van der Waals surface area contributed by atoms with E-state index in [4.69, 9.17) is 27.9 Å². The molecule has 14 nitrogen and oxygen atoms in total. The van der Waals surface area contributed by atoms with Gasteiger partial charge in [-0.05, 0) is 36.4 Å². The lowest BCUT2D eigenvalue weighted by atomic mass is 10.1. The summed E-state index contributed by atoms with van der Waals surface area (Å²) < 4.78 is 86.8. The summed E-state index contributed by atoms with van der Waals surface area (Å²) in [6.07, 6.45) is 0. The first-order valence-electron chi connectivity index (χ1n) is 10.7. The number of fused-ring (bicyclic) bond motifs is 2. The number of rotatable bonds is 1. The molecule has 0 aromatic heterocycles. The number of imide groups is 2. The van der Waals surface area contributed by atoms with E-state index < -0.39 is 49.4 Å². The zero-order valence-electron chi connectivity index (χ0n) is 20.4. The van der Waals surface area contributed by atoms with Crippen LogP contribution < -0.4 is 0 Å². The molecule has 2 heterocycles. The predicted molar refractivity (Wildman–Crippen MR) is 131 cm³/mol. The van der Waals surface area contributed by atoms with E-state index in [1.54, 1.807) is 42.5 Å². The fourth-order valence-electron chi connectivity index (χ4n) is 2.95. The monoisotopic (exact) mass is 634 g/mol. The van der Waals surface area contributed by atoms with Gasteiger partial charge in [0.2, 0.25) is 0 Å². The van der Waals surface area contributed by atoms with Crippen molar-refractivity contribution in [2.75, 3.05) is 0 Å². The largest absolute Gasteiger partial charge is 0.522 e. The SMILES string of the molecule is O=C1c2ccccc2C(=O)N1O.O=C1c2ccccc2C(=O)N1O.O=S(=O)(O)C(F)(F)F.O=S(=O)(O)c1ccccc1. The Morgan fingerprint density at radius 2 is 0.762 bits per heavy atom. The number of halogens is 3. The van der Waals surface area contributed by atoms with Gasteiger partial charge in [0.25, 0.3) is 33.7 Å². The summed E-state index contributed by atoms with van der Waals surface area (Å²) in [6, 6.07) is 20.0. The van der Waals surface area contributed by atoms with E-state index in [-0.39, 0.29) is 37.3 Å². The quantitative estimate of drug-likeness (QED) is 0.131. The zero-order chi connectivity index (χ0) is 32.0. The van der Waals surface area contributed by atoms with Gasteiger partial charge in [0.05, 0.1) is 27.1 Å². The van der Waals surface area contributed by atoms with Gasteiger partial charge >= 0.3 is 15.6 Å². The van der Waals surface area contributed by atoms with Crippen molar-refractivity contribution in [2.24, 2.45) is 0 Å². The fraction of sp³-hybridized carbons (Fsp3) is 0.0435. The second-order valence-corrected chi connectivity index (χ2v) is 10.5. The van der Waals surface area contributed by atoms with Crippen LogP contribution in [-0.2, 0) is 20.2 Å².